The third kappa shape index (κ3) is 4.42. The van der Waals surface area contributed by atoms with Gasteiger partial charge in [-0.15, -0.1) is 0 Å². The normalized spacial score (nSPS) is 11.2. The highest BCUT2D eigenvalue weighted by Crippen LogP contribution is 2.18. The lowest BCUT2D eigenvalue weighted by Gasteiger charge is -2.27. The lowest BCUT2D eigenvalue weighted by atomic mass is 9.93. The Labute approximate surface area is 118 Å². The van der Waals surface area contributed by atoms with Gasteiger partial charge in [0, 0.05) is 6.04 Å². The van der Waals surface area contributed by atoms with E-state index < -0.39 is 11.6 Å². The molecule has 0 heterocycles. The quantitative estimate of drug-likeness (QED) is 0.820. The fourth-order valence-electron chi connectivity index (χ4n) is 2.02. The maximum Gasteiger partial charge on any atom is 0.171 e. The number of thiocarbonyl (C=S) groups is 1. The van der Waals surface area contributed by atoms with Crippen LogP contribution in [0.2, 0.25) is 0 Å². The molecule has 1 rings (SSSR count). The van der Waals surface area contributed by atoms with Crippen LogP contribution in [0.5, 0.6) is 0 Å². The van der Waals surface area contributed by atoms with Gasteiger partial charge in [-0.05, 0) is 36.2 Å². The summed E-state index contributed by atoms with van der Waals surface area (Å²) in [5.41, 5.74) is -0.216. The van der Waals surface area contributed by atoms with Crippen molar-refractivity contribution >= 4 is 23.0 Å². The molecule has 0 atom stereocenters. The predicted octanol–water partition coefficient (Wildman–Crippen LogP) is 3.93. The molecule has 0 aliphatic heterocycles. The smallest absolute Gasteiger partial charge is 0.171 e. The van der Waals surface area contributed by atoms with Crippen molar-refractivity contribution in [2.45, 2.75) is 33.7 Å². The molecule has 0 aliphatic carbocycles. The van der Waals surface area contributed by atoms with E-state index in [1.807, 2.05) is 0 Å². The Kier molecular flexibility index (Phi) is 5.66. The SMILES string of the molecule is CC(C)C(NC(=S)Nc1c(F)cccc1F)C(C)C. The van der Waals surface area contributed by atoms with E-state index in [-0.39, 0.29) is 16.8 Å². The van der Waals surface area contributed by atoms with Crippen molar-refractivity contribution < 1.29 is 8.78 Å². The summed E-state index contributed by atoms with van der Waals surface area (Å²) in [4.78, 5) is 0. The van der Waals surface area contributed by atoms with Gasteiger partial charge in [0.25, 0.3) is 0 Å². The Bertz CT molecular complexity index is 419. The van der Waals surface area contributed by atoms with Crippen LogP contribution in [-0.2, 0) is 0 Å². The van der Waals surface area contributed by atoms with Gasteiger partial charge in [-0.1, -0.05) is 33.8 Å². The lowest BCUT2D eigenvalue weighted by molar-refractivity contribution is 0.356. The van der Waals surface area contributed by atoms with Crippen molar-refractivity contribution in [2.75, 3.05) is 5.32 Å². The Balaban J connectivity index is 2.75. The maximum absolute atomic E-state index is 13.5. The van der Waals surface area contributed by atoms with Gasteiger partial charge in [0.2, 0.25) is 0 Å². The second-order valence-corrected chi connectivity index (χ2v) is 5.62. The zero-order valence-electron chi connectivity index (χ0n) is 11.6. The zero-order valence-corrected chi connectivity index (χ0v) is 12.4. The predicted molar refractivity (Wildman–Crippen MR) is 79.2 cm³/mol. The van der Waals surface area contributed by atoms with Gasteiger partial charge >= 0.3 is 0 Å². The van der Waals surface area contributed by atoms with Gasteiger partial charge in [-0.25, -0.2) is 8.78 Å². The highest BCUT2D eigenvalue weighted by molar-refractivity contribution is 7.80. The molecule has 1 aromatic rings. The molecule has 2 nitrogen and oxygen atoms in total. The number of rotatable bonds is 4. The van der Waals surface area contributed by atoms with Crippen molar-refractivity contribution in [1.82, 2.24) is 5.32 Å². The van der Waals surface area contributed by atoms with Gasteiger partial charge in [0.1, 0.15) is 17.3 Å². The lowest BCUT2D eigenvalue weighted by Crippen LogP contribution is -2.44. The van der Waals surface area contributed by atoms with Crippen LogP contribution in [0.25, 0.3) is 0 Å². The van der Waals surface area contributed by atoms with Gasteiger partial charge in [0.05, 0.1) is 0 Å². The molecular formula is C14H20F2N2S. The number of para-hydroxylation sites is 1. The molecule has 0 amide bonds. The number of hydrogen-bond acceptors (Lipinski definition) is 1. The Morgan fingerprint density at radius 1 is 1.05 bits per heavy atom. The van der Waals surface area contributed by atoms with Gasteiger partial charge < -0.3 is 10.6 Å². The highest BCUT2D eigenvalue weighted by Gasteiger charge is 2.19. The van der Waals surface area contributed by atoms with Gasteiger partial charge in [-0.2, -0.15) is 0 Å². The van der Waals surface area contributed by atoms with Crippen molar-refractivity contribution in [1.29, 1.82) is 0 Å². The van der Waals surface area contributed by atoms with Crippen LogP contribution in [0.15, 0.2) is 18.2 Å². The minimum atomic E-state index is -0.658. The fourth-order valence-corrected chi connectivity index (χ4v) is 2.26. The van der Waals surface area contributed by atoms with Crippen molar-refractivity contribution in [2.24, 2.45) is 11.8 Å². The number of anilines is 1. The summed E-state index contributed by atoms with van der Waals surface area (Å²) in [6, 6.07) is 3.85. The van der Waals surface area contributed by atoms with E-state index in [4.69, 9.17) is 12.2 Å². The first-order valence-corrected chi connectivity index (χ1v) is 6.75. The van der Waals surface area contributed by atoms with E-state index in [1.165, 1.54) is 18.2 Å². The van der Waals surface area contributed by atoms with Crippen molar-refractivity contribution in [3.05, 3.63) is 29.8 Å². The van der Waals surface area contributed by atoms with E-state index in [1.54, 1.807) is 0 Å². The number of benzene rings is 1. The molecular weight excluding hydrogens is 266 g/mol. The van der Waals surface area contributed by atoms with E-state index >= 15 is 0 Å². The molecule has 0 radical (unpaired) electrons. The molecule has 106 valence electrons. The van der Waals surface area contributed by atoms with Crippen LogP contribution >= 0.6 is 12.2 Å². The van der Waals surface area contributed by atoms with Crippen LogP contribution < -0.4 is 10.6 Å². The summed E-state index contributed by atoms with van der Waals surface area (Å²) < 4.78 is 27.0. The standard InChI is InChI=1S/C14H20F2N2S/c1-8(2)12(9(3)4)17-14(19)18-13-10(15)6-5-7-11(13)16/h5-9,12H,1-4H3,(H2,17,18,19). The molecule has 5 heteroatoms. The van der Waals surface area contributed by atoms with E-state index in [2.05, 4.69) is 38.3 Å². The number of hydrogen-bond donors (Lipinski definition) is 2. The maximum atomic E-state index is 13.5. The van der Waals surface area contributed by atoms with Crippen molar-refractivity contribution in [3.63, 3.8) is 0 Å². The monoisotopic (exact) mass is 286 g/mol. The molecule has 0 saturated carbocycles. The second kappa shape index (κ2) is 6.80. The fraction of sp³-hybridized carbons (Fsp3) is 0.500. The Hall–Kier alpha value is -1.23. The summed E-state index contributed by atoms with van der Waals surface area (Å²) in [7, 11) is 0. The molecule has 0 fully saturated rings. The Morgan fingerprint density at radius 2 is 1.53 bits per heavy atom. The summed E-state index contributed by atoms with van der Waals surface area (Å²) in [6.07, 6.45) is 0. The second-order valence-electron chi connectivity index (χ2n) is 5.21. The van der Waals surface area contributed by atoms with Gasteiger partial charge in [-0.3, -0.25) is 0 Å². The first-order valence-electron chi connectivity index (χ1n) is 6.34. The van der Waals surface area contributed by atoms with Crippen LogP contribution in [0, 0.1) is 23.5 Å². The summed E-state index contributed by atoms with van der Waals surface area (Å²) >= 11 is 5.11. The third-order valence-corrected chi connectivity index (χ3v) is 3.16. The minimum Gasteiger partial charge on any atom is -0.359 e. The van der Waals surface area contributed by atoms with Crippen molar-refractivity contribution in [3.8, 4) is 0 Å². The van der Waals surface area contributed by atoms with Crippen LogP contribution in [0.4, 0.5) is 14.5 Å². The average molecular weight is 286 g/mol. The molecule has 0 aromatic heterocycles. The molecule has 2 N–H and O–H groups in total. The average Bonchev–Trinajstić information content (AvgIpc) is 2.30. The van der Waals surface area contributed by atoms with E-state index in [0.717, 1.165) is 0 Å². The van der Waals surface area contributed by atoms with E-state index in [9.17, 15) is 8.78 Å². The molecule has 0 aliphatic rings. The summed E-state index contributed by atoms with van der Waals surface area (Å²) in [6.45, 7) is 8.29. The number of nitrogens with one attached hydrogen (secondary N) is 2. The summed E-state index contributed by atoms with van der Waals surface area (Å²) in [5.74, 6) is -0.583. The van der Waals surface area contributed by atoms with Crippen LogP contribution in [0.3, 0.4) is 0 Å². The molecule has 0 saturated heterocycles. The topological polar surface area (TPSA) is 24.1 Å². The molecule has 0 spiro atoms. The first-order chi connectivity index (χ1) is 8.82. The van der Waals surface area contributed by atoms with Gasteiger partial charge in [0.15, 0.2) is 5.11 Å². The largest absolute Gasteiger partial charge is 0.359 e. The van der Waals surface area contributed by atoms with Crippen LogP contribution in [0.1, 0.15) is 27.7 Å². The molecule has 1 aromatic carbocycles. The van der Waals surface area contributed by atoms with Crippen LogP contribution in [-0.4, -0.2) is 11.2 Å². The third-order valence-electron chi connectivity index (χ3n) is 2.94. The minimum absolute atomic E-state index is 0.148. The molecule has 19 heavy (non-hydrogen) atoms. The zero-order chi connectivity index (χ0) is 14.6. The molecule has 0 unspecified atom stereocenters. The number of halogens is 2. The summed E-state index contributed by atoms with van der Waals surface area (Å²) in [5, 5.41) is 5.93. The first kappa shape index (κ1) is 15.8. The Morgan fingerprint density at radius 3 is 1.95 bits per heavy atom. The molecule has 0 bridgehead atoms. The highest BCUT2D eigenvalue weighted by atomic mass is 32.1. The van der Waals surface area contributed by atoms with E-state index in [0.29, 0.717) is 11.8 Å².